The van der Waals surface area contributed by atoms with Gasteiger partial charge in [-0.1, -0.05) is 18.6 Å². The predicted octanol–water partition coefficient (Wildman–Crippen LogP) is 2.59. The standard InChI is InChI=1S/C23H30N6O2/c1-18-8-7-10-20(14-18)27(2)23(26-17-24)25-15-19-9-3-4-13-29(22(19)31)16-21(30)28-11-5-6-12-28/h7-8,10,14-15,19H,3-6,9,11-13,16H2,1-2H3/b25-15+,26-23?. The third-order valence-electron chi connectivity index (χ3n) is 5.82. The zero-order valence-electron chi connectivity index (χ0n) is 18.3. The van der Waals surface area contributed by atoms with E-state index in [1.165, 1.54) is 0 Å². The molecule has 0 saturated carbocycles. The minimum Gasteiger partial charge on any atom is -0.341 e. The second-order valence-electron chi connectivity index (χ2n) is 8.14. The molecule has 2 heterocycles. The highest BCUT2D eigenvalue weighted by molar-refractivity contribution is 6.04. The molecule has 2 aliphatic heterocycles. The van der Waals surface area contributed by atoms with Crippen LogP contribution in [0.2, 0.25) is 0 Å². The summed E-state index contributed by atoms with van der Waals surface area (Å²) in [5, 5.41) is 9.11. The van der Waals surface area contributed by atoms with Crippen molar-refractivity contribution in [1.29, 1.82) is 5.26 Å². The maximum Gasteiger partial charge on any atom is 0.242 e. The third-order valence-corrected chi connectivity index (χ3v) is 5.82. The Morgan fingerprint density at radius 1 is 1.26 bits per heavy atom. The fourth-order valence-electron chi connectivity index (χ4n) is 4.00. The fraction of sp³-hybridized carbons (Fsp3) is 0.522. The number of aryl methyl sites for hydroxylation is 1. The van der Waals surface area contributed by atoms with Crippen molar-refractivity contribution in [2.24, 2.45) is 15.9 Å². The fourth-order valence-corrected chi connectivity index (χ4v) is 4.00. The van der Waals surface area contributed by atoms with Gasteiger partial charge in [-0.15, -0.1) is 4.99 Å². The van der Waals surface area contributed by atoms with E-state index in [4.69, 9.17) is 5.26 Å². The number of hydrogen-bond acceptors (Lipinski definition) is 4. The van der Waals surface area contributed by atoms with Gasteiger partial charge in [0.25, 0.3) is 0 Å². The Balaban J connectivity index is 1.71. The van der Waals surface area contributed by atoms with E-state index in [2.05, 4.69) is 9.98 Å². The van der Waals surface area contributed by atoms with Crippen LogP contribution in [-0.4, -0.2) is 67.0 Å². The van der Waals surface area contributed by atoms with Crippen molar-refractivity contribution in [2.75, 3.05) is 38.1 Å². The molecule has 2 fully saturated rings. The van der Waals surface area contributed by atoms with E-state index in [0.29, 0.717) is 13.0 Å². The average Bonchev–Trinajstić information content (AvgIpc) is 3.25. The Morgan fingerprint density at radius 3 is 2.71 bits per heavy atom. The van der Waals surface area contributed by atoms with Crippen molar-refractivity contribution in [3.63, 3.8) is 0 Å². The highest BCUT2D eigenvalue weighted by atomic mass is 16.2. The van der Waals surface area contributed by atoms with Gasteiger partial charge in [0.15, 0.2) is 0 Å². The van der Waals surface area contributed by atoms with E-state index in [0.717, 1.165) is 50.0 Å². The molecule has 0 radical (unpaired) electrons. The van der Waals surface area contributed by atoms with Crippen LogP contribution in [0.4, 0.5) is 5.69 Å². The average molecular weight is 423 g/mol. The summed E-state index contributed by atoms with van der Waals surface area (Å²) < 4.78 is 0. The number of guanidine groups is 1. The van der Waals surface area contributed by atoms with Crippen molar-refractivity contribution >= 4 is 29.7 Å². The molecule has 8 heteroatoms. The Hall–Kier alpha value is -3.21. The van der Waals surface area contributed by atoms with Gasteiger partial charge in [0, 0.05) is 38.6 Å². The molecule has 0 bridgehead atoms. The summed E-state index contributed by atoms with van der Waals surface area (Å²) >= 11 is 0. The van der Waals surface area contributed by atoms with Crippen LogP contribution in [0, 0.1) is 24.3 Å². The van der Waals surface area contributed by atoms with Crippen LogP contribution in [0.15, 0.2) is 34.3 Å². The Kier molecular flexibility index (Phi) is 7.76. The largest absolute Gasteiger partial charge is 0.341 e. The first-order valence-corrected chi connectivity index (χ1v) is 10.9. The van der Waals surface area contributed by atoms with E-state index in [-0.39, 0.29) is 24.3 Å². The quantitative estimate of drug-likeness (QED) is 0.424. The van der Waals surface area contributed by atoms with Gasteiger partial charge in [-0.2, -0.15) is 5.26 Å². The molecule has 0 aromatic heterocycles. The summed E-state index contributed by atoms with van der Waals surface area (Å²) in [6.45, 7) is 4.27. The van der Waals surface area contributed by atoms with E-state index in [9.17, 15) is 9.59 Å². The molecule has 1 aromatic rings. The third kappa shape index (κ3) is 5.91. The van der Waals surface area contributed by atoms with Gasteiger partial charge in [0.05, 0.1) is 12.5 Å². The van der Waals surface area contributed by atoms with E-state index in [1.807, 2.05) is 36.1 Å². The second-order valence-corrected chi connectivity index (χ2v) is 8.14. The summed E-state index contributed by atoms with van der Waals surface area (Å²) in [5.74, 6) is -0.258. The van der Waals surface area contributed by atoms with Crippen LogP contribution in [0.25, 0.3) is 0 Å². The van der Waals surface area contributed by atoms with Crippen molar-refractivity contribution in [3.8, 4) is 6.19 Å². The lowest BCUT2D eigenvalue weighted by molar-refractivity contribution is -0.140. The van der Waals surface area contributed by atoms with Gasteiger partial charge in [-0.05, 0) is 50.3 Å². The molecular formula is C23H30N6O2. The van der Waals surface area contributed by atoms with Crippen LogP contribution in [0.3, 0.4) is 0 Å². The first kappa shape index (κ1) is 22.5. The van der Waals surface area contributed by atoms with Crippen LogP contribution in [0.1, 0.15) is 37.7 Å². The van der Waals surface area contributed by atoms with E-state index >= 15 is 0 Å². The normalized spacial score (nSPS) is 20.1. The SMILES string of the molecule is Cc1cccc(N(C)C(=NC#N)/N=C/C2CCCCN(CC(=O)N3CCCC3)C2=O)c1. The summed E-state index contributed by atoms with van der Waals surface area (Å²) in [6.07, 6.45) is 7.87. The lowest BCUT2D eigenvalue weighted by atomic mass is 10.0. The van der Waals surface area contributed by atoms with Crippen molar-refractivity contribution in [2.45, 2.75) is 39.0 Å². The van der Waals surface area contributed by atoms with Crippen molar-refractivity contribution < 1.29 is 9.59 Å². The van der Waals surface area contributed by atoms with Gasteiger partial charge in [-0.3, -0.25) is 9.59 Å². The Labute approximate surface area is 183 Å². The van der Waals surface area contributed by atoms with Crippen LogP contribution < -0.4 is 4.90 Å². The summed E-state index contributed by atoms with van der Waals surface area (Å²) in [7, 11) is 1.79. The maximum atomic E-state index is 13.1. The highest BCUT2D eigenvalue weighted by Crippen LogP contribution is 2.19. The molecule has 8 nitrogen and oxygen atoms in total. The topological polar surface area (TPSA) is 92.4 Å². The minimum atomic E-state index is -0.427. The second kappa shape index (κ2) is 10.7. The number of aliphatic imine (C=N–C) groups is 2. The number of rotatable bonds is 4. The summed E-state index contributed by atoms with van der Waals surface area (Å²) in [5.41, 5.74) is 1.94. The number of carbonyl (C=O) groups excluding carboxylic acids is 2. The molecule has 1 atom stereocenters. The van der Waals surface area contributed by atoms with Gasteiger partial charge in [-0.25, -0.2) is 4.99 Å². The monoisotopic (exact) mass is 422 g/mol. The highest BCUT2D eigenvalue weighted by Gasteiger charge is 2.29. The van der Waals surface area contributed by atoms with Gasteiger partial charge < -0.3 is 14.7 Å². The molecule has 2 saturated heterocycles. The van der Waals surface area contributed by atoms with Crippen molar-refractivity contribution in [1.82, 2.24) is 9.80 Å². The number of hydrogen-bond donors (Lipinski definition) is 0. The first-order valence-electron chi connectivity index (χ1n) is 10.9. The molecule has 1 unspecified atom stereocenters. The Morgan fingerprint density at radius 2 is 2.00 bits per heavy atom. The zero-order valence-corrected chi connectivity index (χ0v) is 18.3. The lowest BCUT2D eigenvalue weighted by Crippen LogP contribution is -2.44. The number of nitrogens with zero attached hydrogens (tertiary/aromatic N) is 6. The number of amides is 2. The van der Waals surface area contributed by atoms with Crippen LogP contribution >= 0.6 is 0 Å². The molecule has 2 amide bonds. The molecule has 164 valence electrons. The molecule has 1 aromatic carbocycles. The van der Waals surface area contributed by atoms with Gasteiger partial charge >= 0.3 is 0 Å². The molecule has 0 N–H and O–H groups in total. The minimum absolute atomic E-state index is 0.0225. The zero-order chi connectivity index (χ0) is 22.2. The maximum absolute atomic E-state index is 13.1. The smallest absolute Gasteiger partial charge is 0.242 e. The number of nitriles is 1. The Bertz CT molecular complexity index is 898. The summed E-state index contributed by atoms with van der Waals surface area (Å²) in [4.78, 5) is 39.1. The molecule has 0 aliphatic carbocycles. The van der Waals surface area contributed by atoms with Gasteiger partial charge in [0.2, 0.25) is 24.0 Å². The van der Waals surface area contributed by atoms with Gasteiger partial charge in [0.1, 0.15) is 0 Å². The molecule has 31 heavy (non-hydrogen) atoms. The molecule has 3 rings (SSSR count). The molecule has 0 spiro atoms. The molecule has 2 aliphatic rings. The predicted molar refractivity (Wildman–Crippen MR) is 121 cm³/mol. The molecular weight excluding hydrogens is 392 g/mol. The van der Waals surface area contributed by atoms with E-state index in [1.54, 1.807) is 29.3 Å². The van der Waals surface area contributed by atoms with Crippen molar-refractivity contribution in [3.05, 3.63) is 29.8 Å². The van der Waals surface area contributed by atoms with Crippen LogP contribution in [-0.2, 0) is 9.59 Å². The van der Waals surface area contributed by atoms with Crippen LogP contribution in [0.5, 0.6) is 0 Å². The first-order chi connectivity index (χ1) is 15.0. The number of carbonyl (C=O) groups is 2. The number of benzene rings is 1. The van der Waals surface area contributed by atoms with E-state index < -0.39 is 5.92 Å². The number of anilines is 1. The summed E-state index contributed by atoms with van der Waals surface area (Å²) in [6, 6.07) is 7.81. The lowest BCUT2D eigenvalue weighted by Gasteiger charge is -2.25. The number of likely N-dealkylation sites (tertiary alicyclic amines) is 2.